The van der Waals surface area contributed by atoms with Gasteiger partial charge in [-0.3, -0.25) is 0 Å². The zero-order valence-electron chi connectivity index (χ0n) is 12.3. The first-order valence-corrected chi connectivity index (χ1v) is 8.83. The second-order valence-corrected chi connectivity index (χ2v) is 6.78. The van der Waals surface area contributed by atoms with E-state index >= 15 is 0 Å². The molecule has 106 valence electrons. The molecule has 1 aliphatic rings. The maximum atomic E-state index is 3.79. The number of nitrogens with one attached hydrogen (secondary N) is 1. The van der Waals surface area contributed by atoms with Crippen LogP contribution < -0.4 is 5.32 Å². The third-order valence-electron chi connectivity index (χ3n) is 3.92. The SMILES string of the molecule is CCCNC(c1cccc(CC)c1)C1CCCCS1. The van der Waals surface area contributed by atoms with Gasteiger partial charge in [-0.25, -0.2) is 0 Å². The molecule has 0 bridgehead atoms. The summed E-state index contributed by atoms with van der Waals surface area (Å²) in [6.45, 7) is 5.61. The molecule has 0 aromatic heterocycles. The lowest BCUT2D eigenvalue weighted by Crippen LogP contribution is -2.32. The normalized spacial score (nSPS) is 21.3. The van der Waals surface area contributed by atoms with Gasteiger partial charge >= 0.3 is 0 Å². The average Bonchev–Trinajstić information content (AvgIpc) is 2.49. The van der Waals surface area contributed by atoms with E-state index in [-0.39, 0.29) is 0 Å². The van der Waals surface area contributed by atoms with Crippen molar-refractivity contribution in [3.8, 4) is 0 Å². The first-order chi connectivity index (χ1) is 9.35. The van der Waals surface area contributed by atoms with Gasteiger partial charge in [-0.2, -0.15) is 11.8 Å². The van der Waals surface area contributed by atoms with E-state index in [0.717, 1.165) is 18.2 Å². The zero-order valence-corrected chi connectivity index (χ0v) is 13.1. The van der Waals surface area contributed by atoms with Crippen molar-refractivity contribution in [1.29, 1.82) is 0 Å². The van der Waals surface area contributed by atoms with Crippen LogP contribution in [0.25, 0.3) is 0 Å². The fourth-order valence-corrected chi connectivity index (χ4v) is 4.25. The van der Waals surface area contributed by atoms with Crippen molar-refractivity contribution in [2.75, 3.05) is 12.3 Å². The number of benzene rings is 1. The van der Waals surface area contributed by atoms with Crippen molar-refractivity contribution in [3.05, 3.63) is 35.4 Å². The Morgan fingerprint density at radius 1 is 1.32 bits per heavy atom. The van der Waals surface area contributed by atoms with Gasteiger partial charge < -0.3 is 5.32 Å². The lowest BCUT2D eigenvalue weighted by atomic mass is 9.97. The summed E-state index contributed by atoms with van der Waals surface area (Å²) in [5.74, 6) is 1.34. The molecule has 1 aromatic carbocycles. The molecular weight excluding hydrogens is 250 g/mol. The molecule has 0 saturated carbocycles. The monoisotopic (exact) mass is 277 g/mol. The highest BCUT2D eigenvalue weighted by Crippen LogP contribution is 2.35. The molecule has 1 aliphatic heterocycles. The molecule has 1 aromatic rings. The van der Waals surface area contributed by atoms with E-state index in [4.69, 9.17) is 0 Å². The van der Waals surface area contributed by atoms with E-state index in [1.54, 1.807) is 0 Å². The summed E-state index contributed by atoms with van der Waals surface area (Å²) in [6, 6.07) is 9.72. The molecule has 1 heterocycles. The fourth-order valence-electron chi connectivity index (χ4n) is 2.80. The summed E-state index contributed by atoms with van der Waals surface area (Å²) in [5, 5.41) is 4.54. The largest absolute Gasteiger partial charge is 0.309 e. The smallest absolute Gasteiger partial charge is 0.0440 e. The van der Waals surface area contributed by atoms with Crippen LogP contribution in [-0.2, 0) is 6.42 Å². The van der Waals surface area contributed by atoms with Crippen LogP contribution in [0.15, 0.2) is 24.3 Å². The highest BCUT2D eigenvalue weighted by molar-refractivity contribution is 8.00. The molecule has 2 rings (SSSR count). The number of hydrogen-bond donors (Lipinski definition) is 1. The standard InChI is InChI=1S/C17H27NS/c1-3-11-18-17(16-10-5-6-12-19-16)15-9-7-8-14(4-2)13-15/h7-9,13,16-18H,3-6,10-12H2,1-2H3. The molecule has 2 heteroatoms. The van der Waals surface area contributed by atoms with Crippen LogP contribution in [0.3, 0.4) is 0 Å². The predicted octanol–water partition coefficient (Wildman–Crippen LogP) is 4.58. The number of aryl methyl sites for hydroxylation is 1. The van der Waals surface area contributed by atoms with Crippen molar-refractivity contribution < 1.29 is 0 Å². The van der Waals surface area contributed by atoms with Crippen molar-refractivity contribution in [3.63, 3.8) is 0 Å². The van der Waals surface area contributed by atoms with Gasteiger partial charge in [0.2, 0.25) is 0 Å². The first-order valence-electron chi connectivity index (χ1n) is 7.79. The van der Waals surface area contributed by atoms with Crippen LogP contribution in [0.2, 0.25) is 0 Å². The van der Waals surface area contributed by atoms with E-state index < -0.39 is 0 Å². The maximum Gasteiger partial charge on any atom is 0.0440 e. The molecule has 2 unspecified atom stereocenters. The van der Waals surface area contributed by atoms with Gasteiger partial charge in [-0.1, -0.05) is 44.5 Å². The summed E-state index contributed by atoms with van der Waals surface area (Å²) in [6.07, 6.45) is 6.50. The Kier molecular flexibility index (Phi) is 6.25. The molecule has 1 saturated heterocycles. The van der Waals surface area contributed by atoms with Crippen molar-refractivity contribution in [2.45, 2.75) is 57.2 Å². The summed E-state index contributed by atoms with van der Waals surface area (Å²) in [5.41, 5.74) is 2.95. The van der Waals surface area contributed by atoms with Crippen LogP contribution in [0, 0.1) is 0 Å². The minimum Gasteiger partial charge on any atom is -0.309 e. The summed E-state index contributed by atoms with van der Waals surface area (Å²) < 4.78 is 0. The lowest BCUT2D eigenvalue weighted by molar-refractivity contribution is 0.479. The highest BCUT2D eigenvalue weighted by Gasteiger charge is 2.25. The molecular formula is C17H27NS. The van der Waals surface area contributed by atoms with Gasteiger partial charge in [0.1, 0.15) is 0 Å². The molecule has 19 heavy (non-hydrogen) atoms. The average molecular weight is 277 g/mol. The minimum absolute atomic E-state index is 0.539. The summed E-state index contributed by atoms with van der Waals surface area (Å²) in [7, 11) is 0. The topological polar surface area (TPSA) is 12.0 Å². The fraction of sp³-hybridized carbons (Fsp3) is 0.647. The third kappa shape index (κ3) is 4.25. The molecule has 1 nitrogen and oxygen atoms in total. The van der Waals surface area contributed by atoms with E-state index in [1.165, 1.54) is 42.6 Å². The minimum atomic E-state index is 0.539. The van der Waals surface area contributed by atoms with Crippen LogP contribution in [0.5, 0.6) is 0 Å². The zero-order chi connectivity index (χ0) is 13.5. The molecule has 2 atom stereocenters. The third-order valence-corrected chi connectivity index (χ3v) is 5.38. The quantitative estimate of drug-likeness (QED) is 0.817. The Morgan fingerprint density at radius 3 is 2.89 bits per heavy atom. The molecule has 0 amide bonds. The molecule has 0 spiro atoms. The first kappa shape index (κ1) is 14.9. The number of thioether (sulfide) groups is 1. The maximum absolute atomic E-state index is 3.79. The van der Waals surface area contributed by atoms with Crippen LogP contribution >= 0.6 is 11.8 Å². The summed E-state index contributed by atoms with van der Waals surface area (Å²) >= 11 is 2.17. The Balaban J connectivity index is 2.14. The van der Waals surface area contributed by atoms with E-state index in [1.807, 2.05) is 0 Å². The van der Waals surface area contributed by atoms with Gasteiger partial charge in [-0.15, -0.1) is 0 Å². The van der Waals surface area contributed by atoms with Gasteiger partial charge in [0, 0.05) is 11.3 Å². The van der Waals surface area contributed by atoms with Crippen LogP contribution in [0.1, 0.15) is 56.7 Å². The van der Waals surface area contributed by atoms with E-state index in [0.29, 0.717) is 6.04 Å². The van der Waals surface area contributed by atoms with Crippen molar-refractivity contribution in [1.82, 2.24) is 5.32 Å². The Bertz CT molecular complexity index is 371. The predicted molar refractivity (Wildman–Crippen MR) is 87.0 cm³/mol. The highest BCUT2D eigenvalue weighted by atomic mass is 32.2. The van der Waals surface area contributed by atoms with Crippen LogP contribution in [-0.4, -0.2) is 17.5 Å². The van der Waals surface area contributed by atoms with Gasteiger partial charge in [0.25, 0.3) is 0 Å². The number of hydrogen-bond acceptors (Lipinski definition) is 2. The van der Waals surface area contributed by atoms with Gasteiger partial charge in [0.05, 0.1) is 0 Å². The molecule has 0 radical (unpaired) electrons. The Labute approximate surface area is 122 Å². The van der Waals surface area contributed by atoms with Gasteiger partial charge in [0.15, 0.2) is 0 Å². The number of rotatable bonds is 6. The lowest BCUT2D eigenvalue weighted by Gasteiger charge is -2.31. The second-order valence-electron chi connectivity index (χ2n) is 5.44. The van der Waals surface area contributed by atoms with Gasteiger partial charge in [-0.05, 0) is 49.1 Å². The van der Waals surface area contributed by atoms with E-state index in [2.05, 4.69) is 55.2 Å². The van der Waals surface area contributed by atoms with Crippen LogP contribution in [0.4, 0.5) is 0 Å². The second kappa shape index (κ2) is 7.96. The molecule has 0 aliphatic carbocycles. The Hall–Kier alpha value is -0.470. The molecule has 1 fully saturated rings. The summed E-state index contributed by atoms with van der Waals surface area (Å²) in [4.78, 5) is 0. The van der Waals surface area contributed by atoms with Crippen molar-refractivity contribution in [2.24, 2.45) is 0 Å². The van der Waals surface area contributed by atoms with E-state index in [9.17, 15) is 0 Å². The Morgan fingerprint density at radius 2 is 2.21 bits per heavy atom. The molecule has 1 N–H and O–H groups in total. The van der Waals surface area contributed by atoms with Crippen molar-refractivity contribution >= 4 is 11.8 Å².